The van der Waals surface area contributed by atoms with Gasteiger partial charge >= 0.3 is 0 Å². The number of pyridine rings is 1. The van der Waals surface area contributed by atoms with Crippen LogP contribution in [-0.4, -0.2) is 15.8 Å². The van der Waals surface area contributed by atoms with E-state index in [0.717, 1.165) is 11.3 Å². The van der Waals surface area contributed by atoms with Gasteiger partial charge < -0.3 is 5.32 Å². The first-order valence-corrected chi connectivity index (χ1v) is 8.53. The van der Waals surface area contributed by atoms with Crippen molar-refractivity contribution in [1.82, 2.24) is 4.98 Å². The first-order chi connectivity index (χ1) is 13.6. The molecule has 0 saturated carbocycles. The monoisotopic (exact) mass is 371 g/mol. The number of hydrogen-bond acceptors (Lipinski definition) is 4. The van der Waals surface area contributed by atoms with Crippen molar-refractivity contribution >= 4 is 35.5 Å². The molecule has 2 aromatic carbocycles. The Balaban J connectivity index is 1.65. The van der Waals surface area contributed by atoms with E-state index in [1.54, 1.807) is 24.4 Å². The molecule has 1 amide bonds. The minimum atomic E-state index is -0.471. The van der Waals surface area contributed by atoms with E-state index in [1.807, 2.05) is 48.6 Å². The molecule has 1 aromatic heterocycles. The molecule has 0 aliphatic heterocycles. The fourth-order valence-electron chi connectivity index (χ4n) is 2.47. The number of nitrogens with one attached hydrogen (secondary N) is 1. The van der Waals surface area contributed by atoms with Gasteiger partial charge in [-0.1, -0.05) is 36.4 Å². The number of nitrogens with zero attached hydrogens (tertiary/aromatic N) is 2. The van der Waals surface area contributed by atoms with Crippen LogP contribution in [0.2, 0.25) is 0 Å². The zero-order valence-electron chi connectivity index (χ0n) is 14.9. The van der Waals surface area contributed by atoms with Gasteiger partial charge in [-0.2, -0.15) is 0 Å². The van der Waals surface area contributed by atoms with Gasteiger partial charge in [0.15, 0.2) is 0 Å². The Labute approximate surface area is 162 Å². The van der Waals surface area contributed by atoms with E-state index in [4.69, 9.17) is 0 Å². The number of anilines is 1. The van der Waals surface area contributed by atoms with Crippen molar-refractivity contribution in [3.63, 3.8) is 0 Å². The quantitative estimate of drug-likeness (QED) is 0.383. The molecule has 0 aliphatic rings. The van der Waals surface area contributed by atoms with Crippen LogP contribution in [0.3, 0.4) is 0 Å². The summed E-state index contributed by atoms with van der Waals surface area (Å²) in [5, 5.41) is 13.6. The first-order valence-electron chi connectivity index (χ1n) is 8.53. The van der Waals surface area contributed by atoms with E-state index in [9.17, 15) is 14.9 Å². The van der Waals surface area contributed by atoms with Gasteiger partial charge in [0, 0.05) is 30.1 Å². The summed E-state index contributed by atoms with van der Waals surface area (Å²) in [5.41, 5.74) is 2.98. The highest BCUT2D eigenvalue weighted by atomic mass is 16.6. The lowest BCUT2D eigenvalue weighted by Gasteiger charge is -2.03. The average molecular weight is 371 g/mol. The van der Waals surface area contributed by atoms with Crippen molar-refractivity contribution in [1.29, 1.82) is 0 Å². The second-order valence-electron chi connectivity index (χ2n) is 5.89. The SMILES string of the molecule is O=C(C=Cc1cccc([N+](=O)[O-])c1)Nc1cccc(C=Cc2ccccn2)c1. The van der Waals surface area contributed by atoms with E-state index < -0.39 is 4.92 Å². The van der Waals surface area contributed by atoms with Crippen molar-refractivity contribution in [3.8, 4) is 0 Å². The van der Waals surface area contributed by atoms with Crippen molar-refractivity contribution < 1.29 is 9.72 Å². The molecule has 3 rings (SSSR count). The van der Waals surface area contributed by atoms with Crippen molar-refractivity contribution in [2.75, 3.05) is 5.32 Å². The number of carbonyl (C=O) groups excluding carboxylic acids is 1. The molecule has 1 heterocycles. The summed E-state index contributed by atoms with van der Waals surface area (Å²) >= 11 is 0. The second-order valence-corrected chi connectivity index (χ2v) is 5.89. The average Bonchev–Trinajstić information content (AvgIpc) is 2.72. The minimum Gasteiger partial charge on any atom is -0.322 e. The van der Waals surface area contributed by atoms with Gasteiger partial charge in [-0.05, 0) is 47.5 Å². The van der Waals surface area contributed by atoms with Crippen LogP contribution in [0, 0.1) is 10.1 Å². The molecule has 3 aromatic rings. The van der Waals surface area contributed by atoms with Crippen molar-refractivity contribution in [3.05, 3.63) is 106 Å². The van der Waals surface area contributed by atoms with E-state index in [0.29, 0.717) is 11.3 Å². The lowest BCUT2D eigenvalue weighted by Crippen LogP contribution is -2.07. The summed E-state index contributed by atoms with van der Waals surface area (Å²) in [5.74, 6) is -0.322. The summed E-state index contributed by atoms with van der Waals surface area (Å²) < 4.78 is 0. The van der Waals surface area contributed by atoms with E-state index in [-0.39, 0.29) is 11.6 Å². The summed E-state index contributed by atoms with van der Waals surface area (Å²) in [6.45, 7) is 0. The van der Waals surface area contributed by atoms with Crippen molar-refractivity contribution in [2.45, 2.75) is 0 Å². The molecule has 0 radical (unpaired) electrons. The molecular weight excluding hydrogens is 354 g/mol. The predicted molar refractivity (Wildman–Crippen MR) is 110 cm³/mol. The molecule has 6 nitrogen and oxygen atoms in total. The van der Waals surface area contributed by atoms with Gasteiger partial charge in [-0.3, -0.25) is 19.9 Å². The molecule has 0 unspecified atom stereocenters. The lowest BCUT2D eigenvalue weighted by atomic mass is 10.1. The number of nitro groups is 1. The minimum absolute atomic E-state index is 0.0186. The number of hydrogen-bond donors (Lipinski definition) is 1. The van der Waals surface area contributed by atoms with Gasteiger partial charge in [0.2, 0.25) is 5.91 Å². The maximum atomic E-state index is 12.1. The Morgan fingerprint density at radius 3 is 2.46 bits per heavy atom. The lowest BCUT2D eigenvalue weighted by molar-refractivity contribution is -0.384. The highest BCUT2D eigenvalue weighted by Crippen LogP contribution is 2.15. The smallest absolute Gasteiger partial charge is 0.270 e. The van der Waals surface area contributed by atoms with E-state index in [1.165, 1.54) is 24.3 Å². The molecule has 0 aliphatic carbocycles. The normalized spacial score (nSPS) is 11.0. The fraction of sp³-hybridized carbons (Fsp3) is 0. The molecule has 1 N–H and O–H groups in total. The Hall–Kier alpha value is -4.06. The third kappa shape index (κ3) is 5.47. The third-order valence-corrected chi connectivity index (χ3v) is 3.80. The number of carbonyl (C=O) groups is 1. The molecule has 0 fully saturated rings. The topological polar surface area (TPSA) is 85.1 Å². The number of amides is 1. The predicted octanol–water partition coefficient (Wildman–Crippen LogP) is 4.81. The largest absolute Gasteiger partial charge is 0.322 e. The van der Waals surface area contributed by atoms with Crippen LogP contribution in [0.5, 0.6) is 0 Å². The van der Waals surface area contributed by atoms with Gasteiger partial charge in [-0.25, -0.2) is 0 Å². The van der Waals surface area contributed by atoms with Gasteiger partial charge in [-0.15, -0.1) is 0 Å². The molecule has 28 heavy (non-hydrogen) atoms. The van der Waals surface area contributed by atoms with E-state index >= 15 is 0 Å². The molecule has 0 spiro atoms. The molecule has 6 heteroatoms. The molecular formula is C22H17N3O3. The summed E-state index contributed by atoms with van der Waals surface area (Å²) in [6.07, 6.45) is 8.41. The van der Waals surface area contributed by atoms with Crippen LogP contribution in [-0.2, 0) is 4.79 Å². The van der Waals surface area contributed by atoms with Crippen molar-refractivity contribution in [2.24, 2.45) is 0 Å². The maximum Gasteiger partial charge on any atom is 0.270 e. The Bertz CT molecular complexity index is 1040. The number of aromatic nitrogens is 1. The Kier molecular flexibility index (Phi) is 6.05. The standard InChI is InChI=1S/C22H17N3O3/c26-22(13-11-18-6-4-9-21(16-18)25(27)28)24-20-8-3-5-17(15-20)10-12-19-7-1-2-14-23-19/h1-16H,(H,24,26). The zero-order chi connectivity index (χ0) is 19.8. The maximum absolute atomic E-state index is 12.1. The summed E-state index contributed by atoms with van der Waals surface area (Å²) in [6, 6.07) is 19.2. The molecule has 138 valence electrons. The molecule has 0 saturated heterocycles. The van der Waals surface area contributed by atoms with Gasteiger partial charge in [0.1, 0.15) is 0 Å². The van der Waals surface area contributed by atoms with Gasteiger partial charge in [0.25, 0.3) is 5.69 Å². The van der Waals surface area contributed by atoms with Crippen LogP contribution in [0.15, 0.2) is 79.0 Å². The second kappa shape index (κ2) is 9.05. The van der Waals surface area contributed by atoms with Crippen LogP contribution in [0.4, 0.5) is 11.4 Å². The Morgan fingerprint density at radius 2 is 1.71 bits per heavy atom. The van der Waals surface area contributed by atoms with Crippen LogP contribution < -0.4 is 5.32 Å². The van der Waals surface area contributed by atoms with E-state index in [2.05, 4.69) is 10.3 Å². The number of benzene rings is 2. The number of nitro benzene ring substituents is 1. The van der Waals surface area contributed by atoms with Crippen LogP contribution in [0.25, 0.3) is 18.2 Å². The summed E-state index contributed by atoms with van der Waals surface area (Å²) in [7, 11) is 0. The fourth-order valence-corrected chi connectivity index (χ4v) is 2.47. The third-order valence-electron chi connectivity index (χ3n) is 3.80. The zero-order valence-corrected chi connectivity index (χ0v) is 14.9. The number of rotatable bonds is 6. The summed E-state index contributed by atoms with van der Waals surface area (Å²) in [4.78, 5) is 26.7. The Morgan fingerprint density at radius 1 is 0.929 bits per heavy atom. The highest BCUT2D eigenvalue weighted by Gasteiger charge is 2.04. The van der Waals surface area contributed by atoms with Gasteiger partial charge in [0.05, 0.1) is 10.6 Å². The number of non-ortho nitro benzene ring substituents is 1. The first kappa shape index (κ1) is 18.7. The van der Waals surface area contributed by atoms with Crippen LogP contribution in [0.1, 0.15) is 16.8 Å². The molecule has 0 bridgehead atoms. The highest BCUT2D eigenvalue weighted by molar-refractivity contribution is 6.02. The van der Waals surface area contributed by atoms with Crippen LogP contribution >= 0.6 is 0 Å². The molecule has 0 atom stereocenters.